The maximum absolute atomic E-state index is 13.3. The maximum atomic E-state index is 13.3. The Labute approximate surface area is 142 Å². The summed E-state index contributed by atoms with van der Waals surface area (Å²) in [5.74, 6) is -0.225. The van der Waals surface area contributed by atoms with Crippen LogP contribution in [0.5, 0.6) is 0 Å². The molecular weight excluding hydrogens is 397 g/mol. The van der Waals surface area contributed by atoms with Crippen LogP contribution in [0.1, 0.15) is 29.7 Å². The van der Waals surface area contributed by atoms with Crippen LogP contribution in [0, 0.1) is 12.7 Å². The van der Waals surface area contributed by atoms with Crippen LogP contribution in [0.25, 0.3) is 0 Å². The highest BCUT2D eigenvalue weighted by atomic mass is 79.9. The molecule has 0 bridgehead atoms. The average Bonchev–Trinajstić information content (AvgIpc) is 2.45. The third-order valence-electron chi connectivity index (χ3n) is 3.47. The van der Waals surface area contributed by atoms with E-state index < -0.39 is 0 Å². The van der Waals surface area contributed by atoms with Crippen LogP contribution in [0.4, 0.5) is 4.39 Å². The largest absolute Gasteiger partial charge is 0.310 e. The van der Waals surface area contributed by atoms with E-state index in [0.29, 0.717) is 4.47 Å². The molecule has 0 heterocycles. The van der Waals surface area contributed by atoms with Gasteiger partial charge in [-0.2, -0.15) is 0 Å². The van der Waals surface area contributed by atoms with Crippen LogP contribution in [-0.2, 0) is 6.42 Å². The molecule has 0 radical (unpaired) electrons. The van der Waals surface area contributed by atoms with Gasteiger partial charge in [-0.05, 0) is 70.7 Å². The monoisotopic (exact) mass is 413 g/mol. The fourth-order valence-electron chi connectivity index (χ4n) is 2.28. The Bertz CT molecular complexity index is 628. The first-order valence-electron chi connectivity index (χ1n) is 6.94. The molecule has 1 atom stereocenters. The van der Waals surface area contributed by atoms with Gasteiger partial charge in [-0.15, -0.1) is 0 Å². The van der Waals surface area contributed by atoms with Crippen molar-refractivity contribution >= 4 is 31.9 Å². The average molecular weight is 415 g/mol. The van der Waals surface area contributed by atoms with Crippen LogP contribution in [-0.4, -0.2) is 6.54 Å². The van der Waals surface area contributed by atoms with Crippen molar-refractivity contribution in [3.63, 3.8) is 0 Å². The van der Waals surface area contributed by atoms with Crippen molar-refractivity contribution in [2.24, 2.45) is 0 Å². The minimum absolute atomic E-state index is 0.212. The minimum atomic E-state index is -0.225. The van der Waals surface area contributed by atoms with Gasteiger partial charge < -0.3 is 5.32 Å². The lowest BCUT2D eigenvalue weighted by Gasteiger charge is -2.19. The van der Waals surface area contributed by atoms with Gasteiger partial charge in [-0.1, -0.05) is 41.1 Å². The molecule has 21 heavy (non-hydrogen) atoms. The lowest BCUT2D eigenvalue weighted by Crippen LogP contribution is -2.23. The number of aryl methyl sites for hydroxylation is 1. The van der Waals surface area contributed by atoms with E-state index >= 15 is 0 Å². The molecule has 1 unspecified atom stereocenters. The smallest absolute Gasteiger partial charge is 0.137 e. The SMILES string of the molecule is CCNC(Cc1ccc(F)c(Br)c1)c1ccc(C)c(Br)c1. The highest BCUT2D eigenvalue weighted by Gasteiger charge is 2.13. The van der Waals surface area contributed by atoms with E-state index in [1.165, 1.54) is 17.2 Å². The molecule has 0 amide bonds. The van der Waals surface area contributed by atoms with Gasteiger partial charge in [-0.3, -0.25) is 0 Å². The second-order valence-electron chi connectivity index (χ2n) is 5.07. The molecule has 0 fully saturated rings. The molecule has 0 aliphatic heterocycles. The molecule has 4 heteroatoms. The first-order valence-corrected chi connectivity index (χ1v) is 8.53. The van der Waals surface area contributed by atoms with Crippen LogP contribution in [0.2, 0.25) is 0 Å². The third-order valence-corrected chi connectivity index (χ3v) is 4.93. The Morgan fingerprint density at radius 1 is 1.10 bits per heavy atom. The topological polar surface area (TPSA) is 12.0 Å². The fraction of sp³-hybridized carbons (Fsp3) is 0.294. The number of benzene rings is 2. The highest BCUT2D eigenvalue weighted by molar-refractivity contribution is 9.10. The molecule has 1 nitrogen and oxygen atoms in total. The molecule has 1 N–H and O–H groups in total. The zero-order valence-corrected chi connectivity index (χ0v) is 15.3. The van der Waals surface area contributed by atoms with Gasteiger partial charge in [0.1, 0.15) is 5.82 Å². The summed E-state index contributed by atoms with van der Waals surface area (Å²) in [6, 6.07) is 11.8. The van der Waals surface area contributed by atoms with Crippen molar-refractivity contribution in [3.05, 3.63) is 67.9 Å². The van der Waals surface area contributed by atoms with E-state index in [0.717, 1.165) is 23.0 Å². The number of rotatable bonds is 5. The fourth-order valence-corrected chi connectivity index (χ4v) is 3.11. The summed E-state index contributed by atoms with van der Waals surface area (Å²) < 4.78 is 15.0. The second-order valence-corrected chi connectivity index (χ2v) is 6.78. The van der Waals surface area contributed by atoms with Gasteiger partial charge in [-0.25, -0.2) is 4.39 Å². The lowest BCUT2D eigenvalue weighted by atomic mass is 9.98. The van der Waals surface area contributed by atoms with Gasteiger partial charge in [0.2, 0.25) is 0 Å². The van der Waals surface area contributed by atoms with Crippen molar-refractivity contribution in [2.75, 3.05) is 6.54 Å². The molecule has 0 spiro atoms. The third kappa shape index (κ3) is 4.38. The van der Waals surface area contributed by atoms with Gasteiger partial charge in [0.05, 0.1) is 4.47 Å². The van der Waals surface area contributed by atoms with Crippen molar-refractivity contribution in [3.8, 4) is 0 Å². The summed E-state index contributed by atoms with van der Waals surface area (Å²) >= 11 is 6.84. The van der Waals surface area contributed by atoms with E-state index in [-0.39, 0.29) is 11.9 Å². The summed E-state index contributed by atoms with van der Waals surface area (Å²) in [5.41, 5.74) is 3.55. The molecule has 2 rings (SSSR count). The van der Waals surface area contributed by atoms with E-state index in [9.17, 15) is 4.39 Å². The zero-order chi connectivity index (χ0) is 15.4. The molecule has 0 aliphatic carbocycles. The standard InChI is InChI=1S/C17H18Br2FN/c1-3-21-17(13-6-4-11(2)14(18)10-13)9-12-5-7-16(20)15(19)8-12/h4-8,10,17,21H,3,9H2,1-2H3. The van der Waals surface area contributed by atoms with Crippen molar-refractivity contribution in [1.29, 1.82) is 0 Å². The Morgan fingerprint density at radius 2 is 1.86 bits per heavy atom. The highest BCUT2D eigenvalue weighted by Crippen LogP contribution is 2.26. The lowest BCUT2D eigenvalue weighted by molar-refractivity contribution is 0.548. The number of hydrogen-bond acceptors (Lipinski definition) is 1. The number of hydrogen-bond donors (Lipinski definition) is 1. The summed E-state index contributed by atoms with van der Waals surface area (Å²) in [7, 11) is 0. The summed E-state index contributed by atoms with van der Waals surface area (Å²) in [6.07, 6.45) is 0.822. The quantitative estimate of drug-likeness (QED) is 0.675. The first-order chi connectivity index (χ1) is 10.0. The number of likely N-dealkylation sites (N-methyl/N-ethyl adjacent to an activating group) is 1. The van der Waals surface area contributed by atoms with Crippen LogP contribution in [0.3, 0.4) is 0 Å². The number of halogens is 3. The Kier molecular flexibility index (Phi) is 5.97. The van der Waals surface area contributed by atoms with Gasteiger partial charge in [0, 0.05) is 10.5 Å². The number of nitrogens with one attached hydrogen (secondary N) is 1. The maximum Gasteiger partial charge on any atom is 0.137 e. The predicted molar refractivity (Wildman–Crippen MR) is 93.1 cm³/mol. The van der Waals surface area contributed by atoms with E-state index in [1.54, 1.807) is 0 Å². The van der Waals surface area contributed by atoms with Crippen LogP contribution >= 0.6 is 31.9 Å². The molecule has 0 aliphatic rings. The predicted octanol–water partition coefficient (Wildman–Crippen LogP) is 5.55. The summed E-state index contributed by atoms with van der Waals surface area (Å²) in [5, 5.41) is 3.50. The zero-order valence-electron chi connectivity index (χ0n) is 12.1. The Hall–Kier alpha value is -0.710. The molecule has 2 aromatic rings. The second kappa shape index (κ2) is 7.52. The summed E-state index contributed by atoms with van der Waals surface area (Å²) in [6.45, 7) is 5.06. The molecular formula is C17H18Br2FN. The van der Waals surface area contributed by atoms with Crippen LogP contribution < -0.4 is 5.32 Å². The van der Waals surface area contributed by atoms with Crippen LogP contribution in [0.15, 0.2) is 45.3 Å². The molecule has 0 saturated carbocycles. The van der Waals surface area contributed by atoms with Gasteiger partial charge in [0.25, 0.3) is 0 Å². The molecule has 0 saturated heterocycles. The van der Waals surface area contributed by atoms with Crippen molar-refractivity contribution in [1.82, 2.24) is 5.32 Å². The summed E-state index contributed by atoms with van der Waals surface area (Å²) in [4.78, 5) is 0. The van der Waals surface area contributed by atoms with E-state index in [2.05, 4.69) is 69.2 Å². The molecule has 112 valence electrons. The van der Waals surface area contributed by atoms with Crippen molar-refractivity contribution in [2.45, 2.75) is 26.3 Å². The normalized spacial score (nSPS) is 12.4. The minimum Gasteiger partial charge on any atom is -0.310 e. The first kappa shape index (κ1) is 16.7. The van der Waals surface area contributed by atoms with Gasteiger partial charge >= 0.3 is 0 Å². The molecule has 0 aromatic heterocycles. The Morgan fingerprint density at radius 3 is 2.48 bits per heavy atom. The van der Waals surface area contributed by atoms with Gasteiger partial charge in [0.15, 0.2) is 0 Å². The Balaban J connectivity index is 2.25. The molecule has 2 aromatic carbocycles. The van der Waals surface area contributed by atoms with E-state index in [1.807, 2.05) is 12.1 Å². The van der Waals surface area contributed by atoms with Crippen molar-refractivity contribution < 1.29 is 4.39 Å². The van der Waals surface area contributed by atoms with E-state index in [4.69, 9.17) is 0 Å².